The van der Waals surface area contributed by atoms with E-state index in [0.29, 0.717) is 0 Å². The van der Waals surface area contributed by atoms with Crippen molar-refractivity contribution >= 4 is 33.6 Å². The van der Waals surface area contributed by atoms with E-state index in [0.717, 1.165) is 0 Å². The Morgan fingerprint density at radius 1 is 1.50 bits per heavy atom. The molecule has 0 saturated carbocycles. The van der Waals surface area contributed by atoms with E-state index in [1.165, 1.54) is 12.1 Å². The topological polar surface area (TPSA) is 46.3 Å². The average molecular weight is 307 g/mol. The zero-order valence-electron chi connectivity index (χ0n) is 8.12. The molecule has 84 valence electrons. The van der Waals surface area contributed by atoms with Crippen LogP contribution < -0.4 is 4.74 Å². The second-order valence-corrected chi connectivity index (χ2v) is 5.06. The lowest BCUT2D eigenvalue weighted by atomic mass is 10.3. The van der Waals surface area contributed by atoms with Gasteiger partial charge >= 0.3 is 6.02 Å². The fraction of sp³-hybridized carbons (Fsp3) is 0.222. The largest absolute Gasteiger partial charge is 0.420 e. The van der Waals surface area contributed by atoms with Crippen LogP contribution in [0.15, 0.2) is 33.4 Å². The molecule has 1 heterocycles. The molecule has 0 N–H and O–H groups in total. The molecule has 0 amide bonds. The van der Waals surface area contributed by atoms with Gasteiger partial charge in [-0.15, -0.1) is 5.11 Å². The minimum Gasteiger partial charge on any atom is -0.420 e. The predicted octanol–water partition coefficient (Wildman–Crippen LogP) is 3.75. The van der Waals surface area contributed by atoms with Gasteiger partial charge in [0.2, 0.25) is 4.57 Å². The van der Waals surface area contributed by atoms with Gasteiger partial charge in [-0.25, -0.2) is 4.39 Å². The Balaban J connectivity index is 2.23. The van der Waals surface area contributed by atoms with Crippen LogP contribution in [0.3, 0.4) is 0 Å². The molecule has 1 atom stereocenters. The highest BCUT2D eigenvalue weighted by Crippen LogP contribution is 2.29. The van der Waals surface area contributed by atoms with Crippen LogP contribution in [0.5, 0.6) is 5.75 Å². The molecule has 7 heteroatoms. The average Bonchev–Trinajstić information content (AvgIpc) is 2.53. The van der Waals surface area contributed by atoms with Crippen LogP contribution in [0, 0.1) is 5.82 Å². The SMILES string of the molecule is CC1(Br)N=NC(Oc2cccc(Cl)c2F)=N1. The van der Waals surface area contributed by atoms with E-state index >= 15 is 0 Å². The van der Waals surface area contributed by atoms with E-state index < -0.39 is 10.4 Å². The zero-order valence-corrected chi connectivity index (χ0v) is 10.5. The van der Waals surface area contributed by atoms with Crippen LogP contribution >= 0.6 is 27.5 Å². The van der Waals surface area contributed by atoms with Crippen molar-refractivity contribution in [1.29, 1.82) is 0 Å². The quantitative estimate of drug-likeness (QED) is 0.576. The molecule has 2 rings (SSSR count). The van der Waals surface area contributed by atoms with Gasteiger partial charge in [0.1, 0.15) is 0 Å². The van der Waals surface area contributed by atoms with Crippen LogP contribution in [0.1, 0.15) is 6.92 Å². The number of nitrogens with zero attached hydrogens (tertiary/aromatic N) is 3. The fourth-order valence-corrected chi connectivity index (χ4v) is 1.45. The van der Waals surface area contributed by atoms with E-state index in [1.807, 2.05) is 0 Å². The van der Waals surface area contributed by atoms with Gasteiger partial charge in [-0.2, -0.15) is 4.99 Å². The molecule has 1 unspecified atom stereocenters. The molecule has 1 aromatic carbocycles. The molecule has 0 saturated heterocycles. The summed E-state index contributed by atoms with van der Waals surface area (Å²) < 4.78 is 17.7. The number of amidine groups is 1. The van der Waals surface area contributed by atoms with E-state index in [1.54, 1.807) is 13.0 Å². The first-order valence-corrected chi connectivity index (χ1v) is 5.48. The number of hydrogen-bond acceptors (Lipinski definition) is 4. The lowest BCUT2D eigenvalue weighted by Gasteiger charge is -2.05. The number of hydrogen-bond donors (Lipinski definition) is 0. The summed E-state index contributed by atoms with van der Waals surface area (Å²) in [7, 11) is 0. The Labute approximate surface area is 104 Å². The maximum absolute atomic E-state index is 13.5. The number of rotatable bonds is 1. The Morgan fingerprint density at radius 2 is 2.25 bits per heavy atom. The smallest absolute Gasteiger partial charge is 0.339 e. The first-order chi connectivity index (χ1) is 7.48. The normalized spacial score (nSPS) is 23.4. The van der Waals surface area contributed by atoms with Gasteiger partial charge in [0.25, 0.3) is 0 Å². The van der Waals surface area contributed by atoms with E-state index in [2.05, 4.69) is 31.2 Å². The molecule has 0 fully saturated rings. The van der Waals surface area contributed by atoms with Crippen molar-refractivity contribution < 1.29 is 9.13 Å². The monoisotopic (exact) mass is 305 g/mol. The molecule has 0 bridgehead atoms. The Kier molecular flexibility index (Phi) is 2.94. The van der Waals surface area contributed by atoms with Crippen molar-refractivity contribution in [3.63, 3.8) is 0 Å². The van der Waals surface area contributed by atoms with Crippen molar-refractivity contribution in [3.8, 4) is 5.75 Å². The zero-order chi connectivity index (χ0) is 11.8. The van der Waals surface area contributed by atoms with Crippen molar-refractivity contribution in [2.75, 3.05) is 0 Å². The van der Waals surface area contributed by atoms with Gasteiger partial charge in [-0.3, -0.25) is 0 Å². The number of benzene rings is 1. The van der Waals surface area contributed by atoms with E-state index in [-0.39, 0.29) is 16.8 Å². The summed E-state index contributed by atoms with van der Waals surface area (Å²) in [6.45, 7) is 1.68. The van der Waals surface area contributed by atoms with Crippen molar-refractivity contribution in [2.24, 2.45) is 15.2 Å². The Hall–Kier alpha value is -1.01. The summed E-state index contributed by atoms with van der Waals surface area (Å²) in [5.74, 6) is -0.680. The van der Waals surface area contributed by atoms with Gasteiger partial charge in [-0.1, -0.05) is 22.8 Å². The third kappa shape index (κ3) is 2.38. The minimum atomic E-state index is -0.836. The lowest BCUT2D eigenvalue weighted by molar-refractivity contribution is 0.485. The lowest BCUT2D eigenvalue weighted by Crippen LogP contribution is -2.08. The van der Waals surface area contributed by atoms with Crippen molar-refractivity contribution in [1.82, 2.24) is 0 Å². The molecule has 4 nitrogen and oxygen atoms in total. The predicted molar refractivity (Wildman–Crippen MR) is 61.7 cm³/mol. The van der Waals surface area contributed by atoms with Gasteiger partial charge in [0.15, 0.2) is 11.6 Å². The van der Waals surface area contributed by atoms with Crippen LogP contribution in [-0.2, 0) is 0 Å². The summed E-state index contributed by atoms with van der Waals surface area (Å²) in [6, 6.07) is 4.42. The van der Waals surface area contributed by atoms with Crippen LogP contribution in [0.4, 0.5) is 4.39 Å². The standard InChI is InChI=1S/C9H6BrClFN3O/c1-9(10)13-8(14-15-9)16-6-4-2-3-5(11)7(6)12/h2-4H,1H3. The molecule has 0 aromatic heterocycles. The molecule has 1 aliphatic heterocycles. The number of aliphatic imine (C=N–C) groups is 1. The number of halogens is 3. The van der Waals surface area contributed by atoms with Crippen molar-refractivity contribution in [2.45, 2.75) is 11.5 Å². The summed E-state index contributed by atoms with van der Waals surface area (Å²) in [6.07, 6.45) is 0. The third-order valence-corrected chi connectivity index (χ3v) is 2.36. The molecule has 16 heavy (non-hydrogen) atoms. The number of alkyl halides is 1. The molecule has 0 radical (unpaired) electrons. The highest BCUT2D eigenvalue weighted by atomic mass is 79.9. The molecular weight excluding hydrogens is 300 g/mol. The van der Waals surface area contributed by atoms with Gasteiger partial charge in [0.05, 0.1) is 5.02 Å². The summed E-state index contributed by atoms with van der Waals surface area (Å²) in [4.78, 5) is 3.95. The minimum absolute atomic E-state index is 0.0134. The second-order valence-electron chi connectivity index (χ2n) is 3.15. The van der Waals surface area contributed by atoms with Gasteiger partial charge in [-0.05, 0) is 35.0 Å². The van der Waals surface area contributed by atoms with Crippen molar-refractivity contribution in [3.05, 3.63) is 29.0 Å². The number of azo groups is 1. The Morgan fingerprint density at radius 3 is 2.88 bits per heavy atom. The van der Waals surface area contributed by atoms with E-state index in [9.17, 15) is 4.39 Å². The molecule has 1 aliphatic rings. The van der Waals surface area contributed by atoms with Crippen LogP contribution in [-0.4, -0.2) is 10.6 Å². The maximum atomic E-state index is 13.5. The summed E-state index contributed by atoms with van der Waals surface area (Å²) in [5.41, 5.74) is 0. The van der Waals surface area contributed by atoms with Gasteiger partial charge in [0, 0.05) is 0 Å². The first kappa shape index (κ1) is 11.5. The third-order valence-electron chi connectivity index (χ3n) is 1.74. The molecular formula is C9H6BrClFN3O. The van der Waals surface area contributed by atoms with E-state index in [4.69, 9.17) is 16.3 Å². The Bertz CT molecular complexity index is 490. The van der Waals surface area contributed by atoms with Crippen LogP contribution in [0.25, 0.3) is 0 Å². The highest BCUT2D eigenvalue weighted by molar-refractivity contribution is 9.10. The number of ether oxygens (including phenoxy) is 1. The summed E-state index contributed by atoms with van der Waals surface area (Å²) in [5, 5.41) is 7.39. The first-order valence-electron chi connectivity index (χ1n) is 4.31. The maximum Gasteiger partial charge on any atom is 0.339 e. The van der Waals surface area contributed by atoms with Gasteiger partial charge < -0.3 is 4.74 Å². The molecule has 0 spiro atoms. The molecule has 1 aromatic rings. The second kappa shape index (κ2) is 4.10. The highest BCUT2D eigenvalue weighted by Gasteiger charge is 2.26. The summed E-state index contributed by atoms with van der Waals surface area (Å²) >= 11 is 8.78. The fourth-order valence-electron chi connectivity index (χ4n) is 1.06. The van der Waals surface area contributed by atoms with Crippen LogP contribution in [0.2, 0.25) is 5.02 Å². The molecule has 0 aliphatic carbocycles.